The summed E-state index contributed by atoms with van der Waals surface area (Å²) >= 11 is 0. The van der Waals surface area contributed by atoms with E-state index in [2.05, 4.69) is 28.1 Å². The van der Waals surface area contributed by atoms with Crippen LogP contribution >= 0.6 is 0 Å². The molecule has 1 aliphatic heterocycles. The van der Waals surface area contributed by atoms with Gasteiger partial charge >= 0.3 is 12.1 Å². The van der Waals surface area contributed by atoms with Gasteiger partial charge in [0.1, 0.15) is 12.6 Å². The monoisotopic (exact) mass is 453 g/mol. The second-order valence-corrected chi connectivity index (χ2v) is 7.97. The fraction of sp³-hybridized carbons (Fsp3) is 0.400. The van der Waals surface area contributed by atoms with Gasteiger partial charge in [-0.3, -0.25) is 4.79 Å². The minimum Gasteiger partial charge on any atom is -0.467 e. The Labute approximate surface area is 194 Å². The predicted octanol–water partition coefficient (Wildman–Crippen LogP) is 2.46. The van der Waals surface area contributed by atoms with E-state index < -0.39 is 18.1 Å². The maximum atomic E-state index is 12.5. The molecule has 33 heavy (non-hydrogen) atoms. The molecule has 3 N–H and O–H groups in total. The second-order valence-electron chi connectivity index (χ2n) is 7.97. The first kappa shape index (κ1) is 24.3. The van der Waals surface area contributed by atoms with Crippen LogP contribution in [0.2, 0.25) is 0 Å². The fourth-order valence-electron chi connectivity index (χ4n) is 3.75. The molecular formula is C25H31N3O5. The molecule has 0 aliphatic carbocycles. The summed E-state index contributed by atoms with van der Waals surface area (Å²) < 4.78 is 9.97. The van der Waals surface area contributed by atoms with Crippen molar-refractivity contribution in [2.75, 3.05) is 13.7 Å². The smallest absolute Gasteiger partial charge is 0.408 e. The third-order valence-electron chi connectivity index (χ3n) is 5.61. The van der Waals surface area contributed by atoms with Crippen LogP contribution in [0.1, 0.15) is 36.0 Å². The third kappa shape index (κ3) is 7.61. The van der Waals surface area contributed by atoms with Crippen LogP contribution in [0.4, 0.5) is 4.79 Å². The molecule has 0 bridgehead atoms. The molecule has 2 aromatic carbocycles. The summed E-state index contributed by atoms with van der Waals surface area (Å²) in [5.41, 5.74) is 3.28. The number of nitrogens with one attached hydrogen (secondary N) is 3. The van der Waals surface area contributed by atoms with E-state index in [0.29, 0.717) is 38.8 Å². The van der Waals surface area contributed by atoms with Gasteiger partial charge in [-0.25, -0.2) is 9.59 Å². The van der Waals surface area contributed by atoms with Crippen LogP contribution < -0.4 is 16.0 Å². The van der Waals surface area contributed by atoms with Crippen molar-refractivity contribution in [2.45, 2.75) is 50.9 Å². The Balaban J connectivity index is 1.35. The molecule has 1 heterocycles. The Morgan fingerprint density at radius 2 is 1.76 bits per heavy atom. The molecule has 0 aromatic heterocycles. The number of benzene rings is 2. The lowest BCUT2D eigenvalue weighted by Crippen LogP contribution is -2.47. The fourth-order valence-corrected chi connectivity index (χ4v) is 3.75. The number of hydrogen-bond donors (Lipinski definition) is 3. The summed E-state index contributed by atoms with van der Waals surface area (Å²) in [6.45, 7) is 1.29. The Morgan fingerprint density at radius 3 is 2.52 bits per heavy atom. The highest BCUT2D eigenvalue weighted by Crippen LogP contribution is 2.16. The second kappa shape index (κ2) is 12.6. The zero-order valence-corrected chi connectivity index (χ0v) is 18.8. The van der Waals surface area contributed by atoms with Crippen LogP contribution in [0.25, 0.3) is 0 Å². The Kier molecular flexibility index (Phi) is 9.26. The number of unbranched alkanes of at least 4 members (excludes halogenated alkanes) is 1. The van der Waals surface area contributed by atoms with Gasteiger partial charge in [-0.15, -0.1) is 0 Å². The molecule has 8 heteroatoms. The van der Waals surface area contributed by atoms with E-state index >= 15 is 0 Å². The van der Waals surface area contributed by atoms with Crippen molar-refractivity contribution in [3.8, 4) is 0 Å². The zero-order chi connectivity index (χ0) is 23.5. The van der Waals surface area contributed by atoms with Crippen molar-refractivity contribution in [3.05, 3.63) is 71.3 Å². The molecule has 0 radical (unpaired) electrons. The Morgan fingerprint density at radius 1 is 1.03 bits per heavy atom. The number of amides is 2. The predicted molar refractivity (Wildman–Crippen MR) is 123 cm³/mol. The number of fused-ring (bicyclic) bond motifs is 1. The van der Waals surface area contributed by atoms with Crippen LogP contribution in [0, 0.1) is 0 Å². The summed E-state index contributed by atoms with van der Waals surface area (Å²) in [5.74, 6) is -0.558. The molecule has 0 unspecified atom stereocenters. The summed E-state index contributed by atoms with van der Waals surface area (Å²) in [4.78, 5) is 36.6. The number of esters is 1. The molecule has 1 aliphatic rings. The largest absolute Gasteiger partial charge is 0.467 e. The summed E-state index contributed by atoms with van der Waals surface area (Å²) in [7, 11) is 1.28. The first-order valence-electron chi connectivity index (χ1n) is 11.2. The molecule has 0 fully saturated rings. The average molecular weight is 454 g/mol. The number of carbonyl (C=O) groups is 3. The minimum absolute atomic E-state index is 0.0309. The standard InChI is InChI=1S/C25H31N3O5/c1-32-24(30)21(28-25(31)33-17-18-9-3-2-4-10-18)13-7-8-14-26-23(29)22-15-19-11-5-6-12-20(19)16-27-22/h2-6,9-12,21-22,27H,7-8,13-17H2,1H3,(H,26,29)(H,28,31)/t21-,22-/m0/s1. The lowest BCUT2D eigenvalue weighted by molar-refractivity contribution is -0.143. The maximum absolute atomic E-state index is 12.5. The number of ether oxygens (including phenoxy) is 2. The quantitative estimate of drug-likeness (QED) is 0.377. The summed E-state index contributed by atoms with van der Waals surface area (Å²) in [6.07, 6.45) is 1.68. The zero-order valence-electron chi connectivity index (χ0n) is 18.8. The average Bonchev–Trinajstić information content (AvgIpc) is 2.86. The summed E-state index contributed by atoms with van der Waals surface area (Å²) in [6, 6.07) is 16.4. The van der Waals surface area contributed by atoms with Gasteiger partial charge in [0.25, 0.3) is 0 Å². The number of methoxy groups -OCH3 is 1. The lowest BCUT2D eigenvalue weighted by Gasteiger charge is -2.25. The minimum atomic E-state index is -0.800. The third-order valence-corrected chi connectivity index (χ3v) is 5.61. The van der Waals surface area contributed by atoms with Gasteiger partial charge in [0, 0.05) is 13.1 Å². The molecule has 0 spiro atoms. The molecule has 2 atom stereocenters. The van der Waals surface area contributed by atoms with Gasteiger partial charge in [0.05, 0.1) is 13.2 Å². The van der Waals surface area contributed by atoms with E-state index in [1.807, 2.05) is 42.5 Å². The molecule has 0 saturated carbocycles. The van der Waals surface area contributed by atoms with Gasteiger partial charge in [-0.2, -0.15) is 0 Å². The van der Waals surface area contributed by atoms with E-state index in [4.69, 9.17) is 9.47 Å². The van der Waals surface area contributed by atoms with Gasteiger partial charge in [0.2, 0.25) is 5.91 Å². The molecular weight excluding hydrogens is 422 g/mol. The first-order chi connectivity index (χ1) is 16.1. The van der Waals surface area contributed by atoms with Crippen LogP contribution in [-0.2, 0) is 38.6 Å². The molecule has 0 saturated heterocycles. The number of rotatable bonds is 10. The number of hydrogen-bond acceptors (Lipinski definition) is 6. The summed E-state index contributed by atoms with van der Waals surface area (Å²) in [5, 5.41) is 8.78. The highest BCUT2D eigenvalue weighted by Gasteiger charge is 2.24. The van der Waals surface area contributed by atoms with E-state index in [1.54, 1.807) is 0 Å². The lowest BCUT2D eigenvalue weighted by atomic mass is 9.95. The SMILES string of the molecule is COC(=O)[C@H](CCCCNC(=O)[C@@H]1Cc2ccccc2CN1)NC(=O)OCc1ccccc1. The van der Waals surface area contributed by atoms with Gasteiger partial charge in [0.15, 0.2) is 0 Å². The first-order valence-corrected chi connectivity index (χ1v) is 11.2. The van der Waals surface area contributed by atoms with Crippen LogP contribution in [0.5, 0.6) is 0 Å². The molecule has 8 nitrogen and oxygen atoms in total. The Bertz CT molecular complexity index is 935. The van der Waals surface area contributed by atoms with Crippen molar-refractivity contribution in [1.82, 2.24) is 16.0 Å². The van der Waals surface area contributed by atoms with Crippen molar-refractivity contribution < 1.29 is 23.9 Å². The van der Waals surface area contributed by atoms with E-state index in [1.165, 1.54) is 18.2 Å². The molecule has 3 rings (SSSR count). The molecule has 2 aromatic rings. The van der Waals surface area contributed by atoms with Crippen LogP contribution in [-0.4, -0.2) is 43.7 Å². The van der Waals surface area contributed by atoms with Crippen molar-refractivity contribution in [2.24, 2.45) is 0 Å². The van der Waals surface area contributed by atoms with Crippen LogP contribution in [0.15, 0.2) is 54.6 Å². The highest BCUT2D eigenvalue weighted by atomic mass is 16.6. The Hall–Kier alpha value is -3.39. The van der Waals surface area contributed by atoms with E-state index in [0.717, 1.165) is 5.56 Å². The number of alkyl carbamates (subject to hydrolysis) is 1. The number of carbonyl (C=O) groups excluding carboxylic acids is 3. The van der Waals surface area contributed by atoms with Crippen molar-refractivity contribution >= 4 is 18.0 Å². The van der Waals surface area contributed by atoms with Crippen molar-refractivity contribution in [3.63, 3.8) is 0 Å². The van der Waals surface area contributed by atoms with E-state index in [-0.39, 0.29) is 18.6 Å². The maximum Gasteiger partial charge on any atom is 0.408 e. The van der Waals surface area contributed by atoms with Crippen LogP contribution in [0.3, 0.4) is 0 Å². The normalized spacial score (nSPS) is 15.6. The molecule has 2 amide bonds. The topological polar surface area (TPSA) is 106 Å². The van der Waals surface area contributed by atoms with Crippen molar-refractivity contribution in [1.29, 1.82) is 0 Å². The molecule has 176 valence electrons. The van der Waals surface area contributed by atoms with Gasteiger partial charge < -0.3 is 25.4 Å². The van der Waals surface area contributed by atoms with Gasteiger partial charge in [-0.1, -0.05) is 54.6 Å². The highest BCUT2D eigenvalue weighted by molar-refractivity contribution is 5.82. The van der Waals surface area contributed by atoms with E-state index in [9.17, 15) is 14.4 Å². The van der Waals surface area contributed by atoms with Gasteiger partial charge in [-0.05, 0) is 42.4 Å².